The second-order valence-corrected chi connectivity index (χ2v) is 3.83. The lowest BCUT2D eigenvalue weighted by atomic mass is 10.1. The number of carbonyl (C=O) groups excluding carboxylic acids is 1. The molecule has 4 heteroatoms. The zero-order chi connectivity index (χ0) is 12.7. The maximum atomic E-state index is 11.4. The van der Waals surface area contributed by atoms with Crippen LogP contribution in [0, 0.1) is 0 Å². The van der Waals surface area contributed by atoms with Crippen molar-refractivity contribution in [3.63, 3.8) is 0 Å². The lowest BCUT2D eigenvalue weighted by Gasteiger charge is -2.16. The summed E-state index contributed by atoms with van der Waals surface area (Å²) >= 11 is 0. The first kappa shape index (κ1) is 13.7. The van der Waals surface area contributed by atoms with Crippen LogP contribution in [0.25, 0.3) is 0 Å². The summed E-state index contributed by atoms with van der Waals surface area (Å²) < 4.78 is 4.97. The van der Waals surface area contributed by atoms with Crippen LogP contribution in [-0.2, 0) is 4.74 Å². The van der Waals surface area contributed by atoms with Crippen molar-refractivity contribution in [2.75, 3.05) is 25.6 Å². The van der Waals surface area contributed by atoms with E-state index in [9.17, 15) is 4.79 Å². The number of ketones is 1. The second-order valence-electron chi connectivity index (χ2n) is 3.83. The molecule has 94 valence electrons. The van der Waals surface area contributed by atoms with Gasteiger partial charge in [-0.1, -0.05) is 6.92 Å². The molecule has 0 aliphatic carbocycles. The van der Waals surface area contributed by atoms with Crippen LogP contribution in [0.15, 0.2) is 24.3 Å². The summed E-state index contributed by atoms with van der Waals surface area (Å²) in [5.74, 6) is 0.132. The summed E-state index contributed by atoms with van der Waals surface area (Å²) in [4.78, 5) is 11.4. The number of benzene rings is 1. The third-order valence-corrected chi connectivity index (χ3v) is 2.49. The zero-order valence-electron chi connectivity index (χ0n) is 10.3. The Morgan fingerprint density at radius 1 is 1.41 bits per heavy atom. The highest BCUT2D eigenvalue weighted by Crippen LogP contribution is 2.12. The summed E-state index contributed by atoms with van der Waals surface area (Å²) in [6.07, 6.45) is 0.510. The van der Waals surface area contributed by atoms with E-state index in [4.69, 9.17) is 9.84 Å². The van der Waals surface area contributed by atoms with Gasteiger partial charge in [-0.15, -0.1) is 0 Å². The fraction of sp³-hybridized carbons (Fsp3) is 0.462. The maximum absolute atomic E-state index is 11.4. The number of anilines is 1. The molecule has 0 amide bonds. The highest BCUT2D eigenvalue weighted by Gasteiger charge is 2.07. The molecule has 17 heavy (non-hydrogen) atoms. The molecule has 0 bridgehead atoms. The van der Waals surface area contributed by atoms with Crippen molar-refractivity contribution in [1.29, 1.82) is 0 Å². The highest BCUT2D eigenvalue weighted by atomic mass is 16.5. The molecule has 0 aliphatic rings. The predicted octanol–water partition coefficient (Wildman–Crippen LogP) is 1.70. The number of carbonyl (C=O) groups is 1. The Balaban J connectivity index is 2.64. The molecule has 1 aromatic carbocycles. The number of hydrogen-bond donors (Lipinski definition) is 2. The summed E-state index contributed by atoms with van der Waals surface area (Å²) in [6, 6.07) is 7.11. The normalized spacial score (nSPS) is 12.2. The van der Waals surface area contributed by atoms with Crippen LogP contribution in [0.2, 0.25) is 0 Å². The van der Waals surface area contributed by atoms with E-state index in [1.807, 2.05) is 19.1 Å². The third kappa shape index (κ3) is 4.17. The minimum atomic E-state index is -0.132. The number of ether oxygens (including phenoxy) is 1. The first-order valence-corrected chi connectivity index (χ1v) is 5.70. The fourth-order valence-corrected chi connectivity index (χ4v) is 1.53. The Morgan fingerprint density at radius 2 is 2.06 bits per heavy atom. The van der Waals surface area contributed by atoms with E-state index in [2.05, 4.69) is 5.32 Å². The Bertz CT molecular complexity index is 348. The van der Waals surface area contributed by atoms with Gasteiger partial charge in [-0.05, 0) is 24.3 Å². The number of rotatable bonds is 7. The van der Waals surface area contributed by atoms with Crippen LogP contribution in [0.5, 0.6) is 0 Å². The molecule has 1 aromatic rings. The molecule has 0 radical (unpaired) electrons. The van der Waals surface area contributed by atoms with Crippen LogP contribution >= 0.6 is 0 Å². The molecular formula is C13H19NO3. The van der Waals surface area contributed by atoms with Crippen molar-refractivity contribution < 1.29 is 14.6 Å². The molecule has 0 spiro atoms. The second kappa shape index (κ2) is 7.04. The third-order valence-electron chi connectivity index (χ3n) is 2.49. The average molecular weight is 237 g/mol. The zero-order valence-corrected chi connectivity index (χ0v) is 10.3. The van der Waals surface area contributed by atoms with Gasteiger partial charge in [0.1, 0.15) is 0 Å². The largest absolute Gasteiger partial charge is 0.394 e. The molecule has 0 fully saturated rings. The monoisotopic (exact) mass is 237 g/mol. The van der Waals surface area contributed by atoms with Crippen molar-refractivity contribution in [2.24, 2.45) is 0 Å². The molecule has 1 unspecified atom stereocenters. The Kier molecular flexibility index (Phi) is 5.66. The molecule has 0 heterocycles. The number of hydrogen-bond acceptors (Lipinski definition) is 4. The van der Waals surface area contributed by atoms with Crippen molar-refractivity contribution in [1.82, 2.24) is 0 Å². The molecule has 2 N–H and O–H groups in total. The van der Waals surface area contributed by atoms with Gasteiger partial charge in [0.2, 0.25) is 0 Å². The number of aliphatic hydroxyl groups excluding tert-OH is 1. The molecule has 1 rings (SSSR count). The van der Waals surface area contributed by atoms with Crippen molar-refractivity contribution in [3.8, 4) is 0 Å². The van der Waals surface area contributed by atoms with Gasteiger partial charge in [-0.25, -0.2) is 0 Å². The Morgan fingerprint density at radius 3 is 2.53 bits per heavy atom. The first-order chi connectivity index (χ1) is 8.21. The van der Waals surface area contributed by atoms with E-state index in [0.29, 0.717) is 18.6 Å². The van der Waals surface area contributed by atoms with Crippen LogP contribution in [0.1, 0.15) is 23.7 Å². The first-order valence-electron chi connectivity index (χ1n) is 5.70. The van der Waals surface area contributed by atoms with E-state index < -0.39 is 0 Å². The van der Waals surface area contributed by atoms with Gasteiger partial charge < -0.3 is 15.2 Å². The summed E-state index contributed by atoms with van der Waals surface area (Å²) in [6.45, 7) is 2.28. The molecule has 0 saturated carbocycles. The number of nitrogens with one attached hydrogen (secondary N) is 1. The van der Waals surface area contributed by atoms with E-state index >= 15 is 0 Å². The van der Waals surface area contributed by atoms with Gasteiger partial charge in [-0.2, -0.15) is 0 Å². The van der Waals surface area contributed by atoms with Crippen molar-refractivity contribution >= 4 is 11.5 Å². The molecule has 4 nitrogen and oxygen atoms in total. The quantitative estimate of drug-likeness (QED) is 0.709. The van der Waals surface area contributed by atoms with Crippen molar-refractivity contribution in [2.45, 2.75) is 19.4 Å². The standard InChI is InChI=1S/C13H19NO3/c1-3-13(16)10-4-6-11(7-5-10)14-12(8-15)9-17-2/h4-7,12,14-15H,3,8-9H2,1-2H3. The minimum Gasteiger partial charge on any atom is -0.394 e. The molecule has 1 atom stereocenters. The number of aliphatic hydroxyl groups is 1. The summed E-state index contributed by atoms with van der Waals surface area (Å²) in [5.41, 5.74) is 1.58. The van der Waals surface area contributed by atoms with E-state index in [0.717, 1.165) is 5.69 Å². The van der Waals surface area contributed by atoms with Gasteiger partial charge in [-0.3, -0.25) is 4.79 Å². The van der Waals surface area contributed by atoms with Gasteiger partial charge in [0, 0.05) is 24.8 Å². The Labute approximate surface area is 102 Å². The molecule has 0 aromatic heterocycles. The highest BCUT2D eigenvalue weighted by molar-refractivity contribution is 5.96. The van der Waals surface area contributed by atoms with Crippen LogP contribution in [-0.4, -0.2) is 37.3 Å². The van der Waals surface area contributed by atoms with E-state index in [1.165, 1.54) is 0 Å². The predicted molar refractivity (Wildman–Crippen MR) is 67.4 cm³/mol. The SMILES string of the molecule is CCC(=O)c1ccc(NC(CO)COC)cc1. The van der Waals surface area contributed by atoms with Gasteiger partial charge >= 0.3 is 0 Å². The van der Waals surface area contributed by atoms with E-state index in [-0.39, 0.29) is 18.4 Å². The van der Waals surface area contributed by atoms with Gasteiger partial charge in [0.25, 0.3) is 0 Å². The maximum Gasteiger partial charge on any atom is 0.162 e. The van der Waals surface area contributed by atoms with Crippen molar-refractivity contribution in [3.05, 3.63) is 29.8 Å². The smallest absolute Gasteiger partial charge is 0.162 e. The summed E-state index contributed by atoms with van der Waals surface area (Å²) in [5, 5.41) is 12.2. The Hall–Kier alpha value is -1.39. The molecule has 0 saturated heterocycles. The van der Waals surface area contributed by atoms with Crippen LogP contribution in [0.4, 0.5) is 5.69 Å². The van der Waals surface area contributed by atoms with Gasteiger partial charge in [0.15, 0.2) is 5.78 Å². The lowest BCUT2D eigenvalue weighted by molar-refractivity contribution is 0.0988. The number of Topliss-reactive ketones (excluding diaryl/α,β-unsaturated/α-hetero) is 1. The number of methoxy groups -OCH3 is 1. The summed E-state index contributed by atoms with van der Waals surface area (Å²) in [7, 11) is 1.59. The molecular weight excluding hydrogens is 218 g/mol. The van der Waals surface area contributed by atoms with Crippen LogP contribution < -0.4 is 5.32 Å². The minimum absolute atomic E-state index is 0.00345. The lowest BCUT2D eigenvalue weighted by Crippen LogP contribution is -2.28. The van der Waals surface area contributed by atoms with Crippen LogP contribution in [0.3, 0.4) is 0 Å². The topological polar surface area (TPSA) is 58.6 Å². The average Bonchev–Trinajstić information content (AvgIpc) is 2.38. The van der Waals surface area contributed by atoms with Gasteiger partial charge in [0.05, 0.1) is 19.3 Å². The van der Waals surface area contributed by atoms with E-state index in [1.54, 1.807) is 19.2 Å². The fourth-order valence-electron chi connectivity index (χ4n) is 1.53. The molecule has 0 aliphatic heterocycles.